The van der Waals surface area contributed by atoms with Crippen LogP contribution in [-0.4, -0.2) is 45.6 Å². The molecule has 8 heteroatoms. The van der Waals surface area contributed by atoms with Crippen LogP contribution in [-0.2, 0) is 14.4 Å². The average molecular weight is 397 g/mol. The summed E-state index contributed by atoms with van der Waals surface area (Å²) in [6, 6.07) is 5.26. The number of carboxylic acids is 1. The topological polar surface area (TPSA) is 86.7 Å². The van der Waals surface area contributed by atoms with Crippen LogP contribution in [0.3, 0.4) is 0 Å². The van der Waals surface area contributed by atoms with Crippen LogP contribution in [0, 0.1) is 0 Å². The molecule has 1 fully saturated rings. The fraction of sp³-hybridized carbons (Fsp3) is 0.500. The van der Waals surface area contributed by atoms with Crippen LogP contribution in [0.25, 0.3) is 0 Å². The Labute approximate surface area is 161 Å². The Morgan fingerprint density at radius 2 is 2.15 bits per heavy atom. The molecule has 2 amide bonds. The van der Waals surface area contributed by atoms with E-state index in [2.05, 4.69) is 5.32 Å². The second-order valence-corrected chi connectivity index (χ2v) is 8.29. The lowest BCUT2D eigenvalue weighted by Crippen LogP contribution is -2.46. The molecule has 2 heterocycles. The lowest BCUT2D eigenvalue weighted by molar-refractivity contribution is -0.140. The second kappa shape index (κ2) is 8.31. The van der Waals surface area contributed by atoms with Gasteiger partial charge in [-0.25, -0.2) is 0 Å². The lowest BCUT2D eigenvalue weighted by atomic mass is 9.97. The van der Waals surface area contributed by atoms with Crippen molar-refractivity contribution in [1.29, 1.82) is 0 Å². The van der Waals surface area contributed by atoms with Crippen molar-refractivity contribution in [2.75, 3.05) is 11.9 Å². The summed E-state index contributed by atoms with van der Waals surface area (Å²) in [4.78, 5) is 38.7. The molecule has 0 bridgehead atoms. The van der Waals surface area contributed by atoms with Gasteiger partial charge in [-0.2, -0.15) is 0 Å². The Balaban J connectivity index is 1.65. The summed E-state index contributed by atoms with van der Waals surface area (Å²) in [5, 5.41) is 11.8. The monoisotopic (exact) mass is 396 g/mol. The number of rotatable bonds is 5. The number of aliphatic carboxylic acids is 1. The fourth-order valence-corrected chi connectivity index (χ4v) is 4.71. The van der Waals surface area contributed by atoms with Gasteiger partial charge >= 0.3 is 5.97 Å². The van der Waals surface area contributed by atoms with E-state index < -0.39 is 11.2 Å². The fourth-order valence-electron chi connectivity index (χ4n) is 3.45. The minimum Gasteiger partial charge on any atom is -0.481 e. The molecule has 2 atom stereocenters. The highest BCUT2D eigenvalue weighted by Gasteiger charge is 2.33. The number of carboxylic acid groups (broad SMARTS) is 1. The molecule has 26 heavy (non-hydrogen) atoms. The molecule has 2 aliphatic rings. The molecule has 0 spiro atoms. The largest absolute Gasteiger partial charge is 0.481 e. The normalized spacial score (nSPS) is 22.5. The quantitative estimate of drug-likeness (QED) is 0.796. The van der Waals surface area contributed by atoms with Crippen molar-refractivity contribution in [2.24, 2.45) is 0 Å². The summed E-state index contributed by atoms with van der Waals surface area (Å²) in [6.45, 7) is 0.633. The number of carbonyl (C=O) groups excluding carboxylic acids is 2. The third-order valence-corrected chi connectivity index (χ3v) is 6.27. The van der Waals surface area contributed by atoms with Crippen molar-refractivity contribution in [3.8, 4) is 0 Å². The number of halogens is 1. The van der Waals surface area contributed by atoms with Crippen LogP contribution in [0.15, 0.2) is 23.1 Å². The van der Waals surface area contributed by atoms with Gasteiger partial charge in [-0.1, -0.05) is 11.6 Å². The van der Waals surface area contributed by atoms with E-state index in [1.54, 1.807) is 17.0 Å². The van der Waals surface area contributed by atoms with E-state index in [9.17, 15) is 14.4 Å². The van der Waals surface area contributed by atoms with E-state index in [-0.39, 0.29) is 30.7 Å². The van der Waals surface area contributed by atoms with Crippen LogP contribution >= 0.6 is 23.4 Å². The molecule has 0 radical (unpaired) electrons. The Morgan fingerprint density at radius 1 is 1.35 bits per heavy atom. The van der Waals surface area contributed by atoms with E-state index >= 15 is 0 Å². The first kappa shape index (κ1) is 19.0. The zero-order valence-electron chi connectivity index (χ0n) is 14.2. The first-order valence-corrected chi connectivity index (χ1v) is 9.98. The first-order valence-electron chi connectivity index (χ1n) is 8.72. The van der Waals surface area contributed by atoms with Crippen LogP contribution in [0.1, 0.15) is 38.5 Å². The third kappa shape index (κ3) is 4.51. The molecule has 0 aliphatic carbocycles. The highest BCUT2D eigenvalue weighted by atomic mass is 35.5. The number of carbonyl (C=O) groups is 3. The van der Waals surface area contributed by atoms with Gasteiger partial charge in [-0.3, -0.25) is 14.4 Å². The number of nitrogens with one attached hydrogen (secondary N) is 1. The highest BCUT2D eigenvalue weighted by molar-refractivity contribution is 8.01. The molecule has 6 nitrogen and oxygen atoms in total. The molecule has 140 valence electrons. The summed E-state index contributed by atoms with van der Waals surface area (Å²) >= 11 is 7.32. The van der Waals surface area contributed by atoms with Gasteiger partial charge in [0.2, 0.25) is 11.8 Å². The SMILES string of the molecule is O=C(O)CCC1CCCCN1C(=O)CC1Sc2ccc(Cl)cc2NC1=O. The number of thioether (sulfide) groups is 1. The maximum Gasteiger partial charge on any atom is 0.303 e. The Bertz CT molecular complexity index is 727. The van der Waals surface area contributed by atoms with Crippen LogP contribution in [0.2, 0.25) is 5.02 Å². The molecule has 0 aromatic heterocycles. The van der Waals surface area contributed by atoms with Crippen molar-refractivity contribution in [3.63, 3.8) is 0 Å². The molecular formula is C18H21ClN2O4S. The van der Waals surface area contributed by atoms with E-state index in [1.807, 2.05) is 6.07 Å². The molecule has 2 N–H and O–H groups in total. The van der Waals surface area contributed by atoms with Crippen molar-refractivity contribution in [3.05, 3.63) is 23.2 Å². The standard InChI is InChI=1S/C18H21ClN2O4S/c19-11-4-6-14-13(9-11)20-18(25)15(26-14)10-16(22)21-8-2-1-3-12(21)5-7-17(23)24/h4,6,9,12,15H,1-3,5,7-8,10H2,(H,20,25)(H,23,24). The van der Waals surface area contributed by atoms with E-state index in [0.29, 0.717) is 23.7 Å². The zero-order chi connectivity index (χ0) is 18.7. The number of hydrogen-bond acceptors (Lipinski definition) is 4. The average Bonchev–Trinajstić information content (AvgIpc) is 2.61. The molecule has 1 aromatic rings. The Kier molecular flexibility index (Phi) is 6.09. The summed E-state index contributed by atoms with van der Waals surface area (Å²) in [5.74, 6) is -1.12. The van der Waals surface area contributed by atoms with Gasteiger partial charge < -0.3 is 15.3 Å². The maximum absolute atomic E-state index is 12.8. The number of piperidine rings is 1. The van der Waals surface area contributed by atoms with Crippen molar-refractivity contribution in [2.45, 2.75) is 54.7 Å². The van der Waals surface area contributed by atoms with E-state index in [1.165, 1.54) is 11.8 Å². The Morgan fingerprint density at radius 3 is 2.92 bits per heavy atom. The summed E-state index contributed by atoms with van der Waals surface area (Å²) in [6.07, 6.45) is 3.38. The summed E-state index contributed by atoms with van der Waals surface area (Å²) in [5.41, 5.74) is 0.675. The molecular weight excluding hydrogens is 376 g/mol. The maximum atomic E-state index is 12.8. The van der Waals surface area contributed by atoms with Gasteiger partial charge in [-0.05, 0) is 43.9 Å². The predicted molar refractivity (Wildman–Crippen MR) is 101 cm³/mol. The van der Waals surface area contributed by atoms with Gasteiger partial charge in [0.1, 0.15) is 0 Å². The molecule has 2 unspecified atom stereocenters. The van der Waals surface area contributed by atoms with Crippen LogP contribution in [0.5, 0.6) is 0 Å². The molecule has 0 saturated carbocycles. The molecule has 3 rings (SSSR count). The predicted octanol–water partition coefficient (Wildman–Crippen LogP) is 3.39. The van der Waals surface area contributed by atoms with Gasteiger partial charge in [-0.15, -0.1) is 11.8 Å². The van der Waals surface area contributed by atoms with Gasteiger partial charge in [0.25, 0.3) is 0 Å². The first-order chi connectivity index (χ1) is 12.4. The molecule has 1 aromatic carbocycles. The number of nitrogens with zero attached hydrogens (tertiary/aromatic N) is 1. The lowest BCUT2D eigenvalue weighted by Gasteiger charge is -2.36. The highest BCUT2D eigenvalue weighted by Crippen LogP contribution is 2.38. The Hall–Kier alpha value is -1.73. The number of benzene rings is 1. The van der Waals surface area contributed by atoms with Crippen LogP contribution in [0.4, 0.5) is 5.69 Å². The van der Waals surface area contributed by atoms with Gasteiger partial charge in [0, 0.05) is 35.3 Å². The van der Waals surface area contributed by atoms with Gasteiger partial charge in [0.15, 0.2) is 0 Å². The smallest absolute Gasteiger partial charge is 0.303 e. The van der Waals surface area contributed by atoms with Crippen molar-refractivity contribution >= 4 is 46.8 Å². The summed E-state index contributed by atoms with van der Waals surface area (Å²) in [7, 11) is 0. The summed E-state index contributed by atoms with van der Waals surface area (Å²) < 4.78 is 0. The minimum atomic E-state index is -0.847. The molecule has 2 aliphatic heterocycles. The van der Waals surface area contributed by atoms with E-state index in [4.69, 9.17) is 16.7 Å². The number of anilines is 1. The number of hydrogen-bond donors (Lipinski definition) is 2. The number of likely N-dealkylation sites (tertiary alicyclic amines) is 1. The van der Waals surface area contributed by atoms with Crippen LogP contribution < -0.4 is 5.32 Å². The van der Waals surface area contributed by atoms with Crippen molar-refractivity contribution < 1.29 is 19.5 Å². The number of amides is 2. The second-order valence-electron chi connectivity index (χ2n) is 6.61. The molecule has 1 saturated heterocycles. The van der Waals surface area contributed by atoms with Gasteiger partial charge in [0.05, 0.1) is 10.9 Å². The van der Waals surface area contributed by atoms with Crippen molar-refractivity contribution in [1.82, 2.24) is 4.90 Å². The van der Waals surface area contributed by atoms with E-state index in [0.717, 1.165) is 24.2 Å². The zero-order valence-corrected chi connectivity index (χ0v) is 15.8. The number of fused-ring (bicyclic) bond motifs is 1. The minimum absolute atomic E-state index is 0.0462. The third-order valence-electron chi connectivity index (χ3n) is 4.76.